The molecule has 2 N–H and O–H groups in total. The van der Waals surface area contributed by atoms with E-state index in [1.54, 1.807) is 0 Å². The molecule has 1 rings (SSSR count). The first kappa shape index (κ1) is 9.67. The molecule has 0 saturated carbocycles. The second-order valence-electron chi connectivity index (χ2n) is 2.31. The molecule has 0 aliphatic rings. The number of hydrogen-bond acceptors (Lipinski definition) is 3. The van der Waals surface area contributed by atoms with Gasteiger partial charge in [-0.2, -0.15) is 0 Å². The van der Waals surface area contributed by atoms with E-state index in [-0.39, 0.29) is 22.1 Å². The van der Waals surface area contributed by atoms with Gasteiger partial charge < -0.3 is 14.9 Å². The summed E-state index contributed by atoms with van der Waals surface area (Å²) in [6.07, 6.45) is 0. The molecule has 1 aromatic rings. The van der Waals surface area contributed by atoms with Crippen molar-refractivity contribution in [3.05, 3.63) is 22.7 Å². The van der Waals surface area contributed by atoms with Crippen LogP contribution in [0.25, 0.3) is 0 Å². The van der Waals surface area contributed by atoms with Crippen LogP contribution in [-0.4, -0.2) is 23.3 Å². The van der Waals surface area contributed by atoms with Crippen molar-refractivity contribution < 1.29 is 19.7 Å². The second-order valence-corrected chi connectivity index (χ2v) is 2.72. The number of ether oxygens (including phenoxy) is 1. The van der Waals surface area contributed by atoms with Crippen LogP contribution in [0.1, 0.15) is 10.4 Å². The van der Waals surface area contributed by atoms with Gasteiger partial charge in [-0.05, 0) is 6.07 Å². The number of carbonyl (C=O) groups is 1. The van der Waals surface area contributed by atoms with Crippen LogP contribution >= 0.6 is 11.6 Å². The first-order chi connectivity index (χ1) is 6.06. The highest BCUT2D eigenvalue weighted by Crippen LogP contribution is 2.31. The van der Waals surface area contributed by atoms with Crippen molar-refractivity contribution in [1.82, 2.24) is 0 Å². The molecule has 0 fully saturated rings. The van der Waals surface area contributed by atoms with E-state index in [4.69, 9.17) is 26.6 Å². The minimum absolute atomic E-state index is 0.0156. The van der Waals surface area contributed by atoms with Gasteiger partial charge in [-0.3, -0.25) is 0 Å². The number of benzene rings is 1. The summed E-state index contributed by atoms with van der Waals surface area (Å²) < 4.78 is 4.74. The molecule has 0 aromatic heterocycles. The molecule has 5 heteroatoms. The summed E-state index contributed by atoms with van der Waals surface area (Å²) in [4.78, 5) is 10.6. The zero-order valence-corrected chi connectivity index (χ0v) is 7.50. The lowest BCUT2D eigenvalue weighted by Gasteiger charge is -2.05. The average Bonchev–Trinajstić information content (AvgIpc) is 2.08. The van der Waals surface area contributed by atoms with Crippen molar-refractivity contribution in [2.24, 2.45) is 0 Å². The van der Waals surface area contributed by atoms with Crippen molar-refractivity contribution in [3.8, 4) is 11.5 Å². The number of halogens is 1. The van der Waals surface area contributed by atoms with Crippen molar-refractivity contribution in [3.63, 3.8) is 0 Å². The van der Waals surface area contributed by atoms with Gasteiger partial charge in [-0.15, -0.1) is 0 Å². The van der Waals surface area contributed by atoms with Gasteiger partial charge in [0.1, 0.15) is 17.1 Å². The lowest BCUT2D eigenvalue weighted by molar-refractivity contribution is 0.0693. The summed E-state index contributed by atoms with van der Waals surface area (Å²) in [5, 5.41) is 17.8. The molecule has 0 amide bonds. The fraction of sp³-hybridized carbons (Fsp3) is 0.125. The Morgan fingerprint density at radius 2 is 2.15 bits per heavy atom. The van der Waals surface area contributed by atoms with E-state index in [1.165, 1.54) is 7.11 Å². The molecule has 0 atom stereocenters. The topological polar surface area (TPSA) is 66.8 Å². The van der Waals surface area contributed by atoms with Crippen molar-refractivity contribution in [2.45, 2.75) is 0 Å². The largest absolute Gasteiger partial charge is 0.506 e. The van der Waals surface area contributed by atoms with Crippen LogP contribution in [-0.2, 0) is 0 Å². The van der Waals surface area contributed by atoms with Gasteiger partial charge in [-0.1, -0.05) is 11.6 Å². The summed E-state index contributed by atoms with van der Waals surface area (Å²) in [5.41, 5.74) is -0.0784. The zero-order chi connectivity index (χ0) is 10.0. The second kappa shape index (κ2) is 3.53. The molecule has 1 aromatic carbocycles. The van der Waals surface area contributed by atoms with E-state index >= 15 is 0 Å². The van der Waals surface area contributed by atoms with Gasteiger partial charge in [0.05, 0.1) is 12.1 Å². The van der Waals surface area contributed by atoms with E-state index in [2.05, 4.69) is 0 Å². The van der Waals surface area contributed by atoms with Gasteiger partial charge in [0.15, 0.2) is 0 Å². The smallest absolute Gasteiger partial charge is 0.339 e. The summed E-state index contributed by atoms with van der Waals surface area (Å²) in [6, 6.07) is 2.30. The number of methoxy groups -OCH3 is 1. The van der Waals surface area contributed by atoms with Crippen LogP contribution in [0.5, 0.6) is 11.5 Å². The van der Waals surface area contributed by atoms with E-state index in [9.17, 15) is 4.79 Å². The molecule has 70 valence electrons. The predicted molar refractivity (Wildman–Crippen MR) is 46.6 cm³/mol. The normalized spacial score (nSPS) is 9.69. The Labute approximate surface area is 79.3 Å². The van der Waals surface area contributed by atoms with Crippen molar-refractivity contribution in [2.75, 3.05) is 7.11 Å². The highest BCUT2D eigenvalue weighted by atomic mass is 35.5. The van der Waals surface area contributed by atoms with E-state index in [0.717, 1.165) is 12.1 Å². The SMILES string of the molecule is COc1cc(O)c(Cl)cc1C(=O)O. The Morgan fingerprint density at radius 1 is 1.54 bits per heavy atom. The third-order valence-electron chi connectivity index (χ3n) is 1.50. The number of rotatable bonds is 2. The fourth-order valence-corrected chi connectivity index (χ4v) is 1.04. The molecule has 0 radical (unpaired) electrons. The Kier molecular flexibility index (Phi) is 2.63. The first-order valence-corrected chi connectivity index (χ1v) is 3.74. The third-order valence-corrected chi connectivity index (χ3v) is 1.80. The van der Waals surface area contributed by atoms with Crippen molar-refractivity contribution >= 4 is 17.6 Å². The minimum atomic E-state index is -1.15. The standard InChI is InChI=1S/C8H7ClO4/c1-13-7-3-6(10)5(9)2-4(7)8(11)12/h2-3,10H,1H3,(H,11,12). The quantitative estimate of drug-likeness (QED) is 0.767. The highest BCUT2D eigenvalue weighted by molar-refractivity contribution is 6.32. The maximum absolute atomic E-state index is 10.6. The molecule has 0 spiro atoms. The molecule has 13 heavy (non-hydrogen) atoms. The molecule has 0 unspecified atom stereocenters. The molecule has 0 aliphatic carbocycles. The monoisotopic (exact) mass is 202 g/mol. The highest BCUT2D eigenvalue weighted by Gasteiger charge is 2.13. The molecular formula is C8H7ClO4. The maximum atomic E-state index is 10.6. The van der Waals surface area contributed by atoms with Gasteiger partial charge in [0.25, 0.3) is 0 Å². The first-order valence-electron chi connectivity index (χ1n) is 3.36. The molecule has 4 nitrogen and oxygen atoms in total. The fourth-order valence-electron chi connectivity index (χ4n) is 0.879. The summed E-state index contributed by atoms with van der Waals surface area (Å²) >= 11 is 5.52. The van der Waals surface area contributed by atoms with E-state index in [1.807, 2.05) is 0 Å². The number of phenols is 1. The van der Waals surface area contributed by atoms with Crippen LogP contribution < -0.4 is 4.74 Å². The molecule has 0 heterocycles. The zero-order valence-electron chi connectivity index (χ0n) is 6.74. The number of carboxylic acids is 1. The van der Waals surface area contributed by atoms with Gasteiger partial charge in [0, 0.05) is 6.07 Å². The van der Waals surface area contributed by atoms with Crippen LogP contribution in [0, 0.1) is 0 Å². The van der Waals surface area contributed by atoms with Crippen LogP contribution in [0.15, 0.2) is 12.1 Å². The van der Waals surface area contributed by atoms with Crippen molar-refractivity contribution in [1.29, 1.82) is 0 Å². The summed E-state index contributed by atoms with van der Waals surface area (Å²) in [5.74, 6) is -1.28. The molecular weight excluding hydrogens is 196 g/mol. The lowest BCUT2D eigenvalue weighted by Crippen LogP contribution is -2.00. The number of aromatic hydroxyl groups is 1. The molecule has 0 aliphatic heterocycles. The number of phenolic OH excluding ortho intramolecular Hbond substituents is 1. The Bertz CT molecular complexity index is 348. The average molecular weight is 203 g/mol. The summed E-state index contributed by atoms with van der Waals surface area (Å²) in [6.45, 7) is 0. The predicted octanol–water partition coefficient (Wildman–Crippen LogP) is 1.75. The van der Waals surface area contributed by atoms with Crippen LogP contribution in [0.2, 0.25) is 5.02 Å². The number of hydrogen-bond donors (Lipinski definition) is 2. The van der Waals surface area contributed by atoms with Gasteiger partial charge in [-0.25, -0.2) is 4.79 Å². The molecule has 0 bridgehead atoms. The van der Waals surface area contributed by atoms with E-state index in [0.29, 0.717) is 0 Å². The van der Waals surface area contributed by atoms with Gasteiger partial charge in [0.2, 0.25) is 0 Å². The Balaban J connectivity index is 3.33. The lowest BCUT2D eigenvalue weighted by atomic mass is 10.2. The number of aromatic carboxylic acids is 1. The Morgan fingerprint density at radius 3 is 2.62 bits per heavy atom. The van der Waals surface area contributed by atoms with E-state index < -0.39 is 5.97 Å². The maximum Gasteiger partial charge on any atom is 0.339 e. The third kappa shape index (κ3) is 1.84. The molecule has 0 saturated heterocycles. The van der Waals surface area contributed by atoms with Crippen LogP contribution in [0.4, 0.5) is 0 Å². The van der Waals surface area contributed by atoms with Crippen LogP contribution in [0.3, 0.4) is 0 Å². The Hall–Kier alpha value is -1.42. The number of carboxylic acid groups (broad SMARTS) is 1. The van der Waals surface area contributed by atoms with Gasteiger partial charge >= 0.3 is 5.97 Å². The summed E-state index contributed by atoms with van der Waals surface area (Å²) in [7, 11) is 1.31. The minimum Gasteiger partial charge on any atom is -0.506 e.